The molecule has 1 nitrogen and oxygen atoms in total. The van der Waals surface area contributed by atoms with Gasteiger partial charge in [0.05, 0.1) is 5.60 Å². The van der Waals surface area contributed by atoms with Crippen LogP contribution in [0.15, 0.2) is 30.3 Å². The molecule has 1 heteroatoms. The monoisotopic (exact) mass is 190 g/mol. The van der Waals surface area contributed by atoms with E-state index in [9.17, 15) is 5.11 Å². The van der Waals surface area contributed by atoms with Crippen molar-refractivity contribution in [1.82, 2.24) is 0 Å². The molecule has 0 heterocycles. The normalized spacial score (nSPS) is 31.1. The van der Waals surface area contributed by atoms with Crippen LogP contribution in [0.1, 0.15) is 38.2 Å². The van der Waals surface area contributed by atoms with E-state index in [2.05, 4.69) is 6.92 Å². The fourth-order valence-electron chi connectivity index (χ4n) is 2.46. The van der Waals surface area contributed by atoms with E-state index in [4.69, 9.17) is 0 Å². The van der Waals surface area contributed by atoms with Crippen molar-refractivity contribution in [3.63, 3.8) is 0 Å². The third-order valence-corrected chi connectivity index (χ3v) is 3.46. The van der Waals surface area contributed by atoms with Crippen molar-refractivity contribution in [3.05, 3.63) is 35.9 Å². The molecule has 0 aliphatic heterocycles. The summed E-state index contributed by atoms with van der Waals surface area (Å²) >= 11 is 0. The fraction of sp³-hybridized carbons (Fsp3) is 0.538. The van der Waals surface area contributed by atoms with Crippen LogP contribution in [0.4, 0.5) is 0 Å². The maximum absolute atomic E-state index is 10.5. The SMILES string of the molecule is CCCC1CCC1(O)c1ccccc1. The van der Waals surface area contributed by atoms with E-state index in [-0.39, 0.29) is 0 Å². The van der Waals surface area contributed by atoms with Gasteiger partial charge in [0.25, 0.3) is 0 Å². The van der Waals surface area contributed by atoms with E-state index in [1.165, 1.54) is 12.8 Å². The first-order valence-corrected chi connectivity index (χ1v) is 5.55. The quantitative estimate of drug-likeness (QED) is 0.776. The summed E-state index contributed by atoms with van der Waals surface area (Å²) in [6.07, 6.45) is 4.42. The number of hydrogen-bond acceptors (Lipinski definition) is 1. The largest absolute Gasteiger partial charge is 0.385 e. The summed E-state index contributed by atoms with van der Waals surface area (Å²) in [5.74, 6) is 0.481. The van der Waals surface area contributed by atoms with Crippen LogP contribution >= 0.6 is 0 Å². The number of hydrogen-bond donors (Lipinski definition) is 1. The van der Waals surface area contributed by atoms with Gasteiger partial charge < -0.3 is 5.11 Å². The van der Waals surface area contributed by atoms with Crippen molar-refractivity contribution in [3.8, 4) is 0 Å². The van der Waals surface area contributed by atoms with Gasteiger partial charge in [-0.05, 0) is 30.7 Å². The molecule has 1 N–H and O–H groups in total. The average molecular weight is 190 g/mol. The lowest BCUT2D eigenvalue weighted by Gasteiger charge is -2.46. The Balaban J connectivity index is 2.17. The molecule has 1 fully saturated rings. The van der Waals surface area contributed by atoms with E-state index in [0.29, 0.717) is 5.92 Å². The Labute approximate surface area is 85.8 Å². The fourth-order valence-corrected chi connectivity index (χ4v) is 2.46. The summed E-state index contributed by atoms with van der Waals surface area (Å²) in [5.41, 5.74) is 0.585. The van der Waals surface area contributed by atoms with E-state index >= 15 is 0 Å². The van der Waals surface area contributed by atoms with Crippen LogP contribution in [-0.4, -0.2) is 5.11 Å². The van der Waals surface area contributed by atoms with Crippen LogP contribution in [0, 0.1) is 5.92 Å². The molecule has 2 unspecified atom stereocenters. The molecule has 1 aromatic carbocycles. The zero-order chi connectivity index (χ0) is 10.0. The van der Waals surface area contributed by atoms with Gasteiger partial charge in [0, 0.05) is 0 Å². The second-order valence-electron chi connectivity index (χ2n) is 4.31. The predicted octanol–water partition coefficient (Wildman–Crippen LogP) is 3.08. The van der Waals surface area contributed by atoms with Crippen molar-refractivity contribution >= 4 is 0 Å². The van der Waals surface area contributed by atoms with E-state index in [1.54, 1.807) is 0 Å². The predicted molar refractivity (Wildman–Crippen MR) is 58.0 cm³/mol. The highest BCUT2D eigenvalue weighted by atomic mass is 16.3. The van der Waals surface area contributed by atoms with Crippen molar-refractivity contribution in [2.45, 2.75) is 38.2 Å². The van der Waals surface area contributed by atoms with Gasteiger partial charge in [0.15, 0.2) is 0 Å². The van der Waals surface area contributed by atoms with Gasteiger partial charge in [-0.2, -0.15) is 0 Å². The van der Waals surface area contributed by atoms with Crippen LogP contribution in [0.2, 0.25) is 0 Å². The van der Waals surface area contributed by atoms with E-state index < -0.39 is 5.60 Å². The zero-order valence-electron chi connectivity index (χ0n) is 8.74. The molecule has 0 radical (unpaired) electrons. The van der Waals surface area contributed by atoms with Gasteiger partial charge in [-0.1, -0.05) is 43.7 Å². The third-order valence-electron chi connectivity index (χ3n) is 3.46. The molecule has 14 heavy (non-hydrogen) atoms. The van der Waals surface area contributed by atoms with Gasteiger partial charge in [-0.3, -0.25) is 0 Å². The van der Waals surface area contributed by atoms with E-state index in [1.807, 2.05) is 30.3 Å². The molecule has 0 spiro atoms. The van der Waals surface area contributed by atoms with Crippen molar-refractivity contribution in [2.24, 2.45) is 5.92 Å². The van der Waals surface area contributed by atoms with Crippen LogP contribution in [0.3, 0.4) is 0 Å². The van der Waals surface area contributed by atoms with Crippen LogP contribution < -0.4 is 0 Å². The average Bonchev–Trinajstić information content (AvgIpc) is 2.24. The minimum Gasteiger partial charge on any atom is -0.385 e. The maximum atomic E-state index is 10.5. The summed E-state index contributed by atoms with van der Waals surface area (Å²) in [4.78, 5) is 0. The lowest BCUT2D eigenvalue weighted by molar-refractivity contribution is -0.105. The highest BCUT2D eigenvalue weighted by Crippen LogP contribution is 2.48. The molecular weight excluding hydrogens is 172 g/mol. The van der Waals surface area contributed by atoms with Crippen molar-refractivity contribution in [1.29, 1.82) is 0 Å². The second kappa shape index (κ2) is 3.74. The number of benzene rings is 1. The molecule has 2 rings (SSSR count). The topological polar surface area (TPSA) is 20.2 Å². The van der Waals surface area contributed by atoms with Crippen LogP contribution in [0.5, 0.6) is 0 Å². The smallest absolute Gasteiger partial charge is 0.0924 e. The standard InChI is InChI=1S/C13H18O/c1-2-6-11-9-10-13(11,14)12-7-4-3-5-8-12/h3-5,7-8,11,14H,2,6,9-10H2,1H3. The first-order chi connectivity index (χ1) is 6.77. The number of rotatable bonds is 3. The van der Waals surface area contributed by atoms with Gasteiger partial charge in [0.1, 0.15) is 0 Å². The van der Waals surface area contributed by atoms with Crippen LogP contribution in [0.25, 0.3) is 0 Å². The molecular formula is C13H18O. The molecule has 2 atom stereocenters. The molecule has 1 saturated carbocycles. The zero-order valence-corrected chi connectivity index (χ0v) is 8.74. The Kier molecular flexibility index (Phi) is 2.60. The van der Waals surface area contributed by atoms with Gasteiger partial charge in [-0.15, -0.1) is 0 Å². The highest BCUT2D eigenvalue weighted by Gasteiger charge is 2.45. The molecule has 0 aromatic heterocycles. The van der Waals surface area contributed by atoms with Gasteiger partial charge >= 0.3 is 0 Å². The Hall–Kier alpha value is -0.820. The van der Waals surface area contributed by atoms with Gasteiger partial charge in [0.2, 0.25) is 0 Å². The molecule has 0 saturated heterocycles. The Morgan fingerprint density at radius 1 is 1.36 bits per heavy atom. The lowest BCUT2D eigenvalue weighted by Crippen LogP contribution is -2.44. The number of aliphatic hydroxyl groups is 1. The molecule has 76 valence electrons. The third kappa shape index (κ3) is 1.46. The first-order valence-electron chi connectivity index (χ1n) is 5.55. The minimum atomic E-state index is -0.517. The maximum Gasteiger partial charge on any atom is 0.0924 e. The van der Waals surface area contributed by atoms with Crippen molar-refractivity contribution in [2.75, 3.05) is 0 Å². The molecule has 0 amide bonds. The summed E-state index contributed by atoms with van der Waals surface area (Å²) in [6, 6.07) is 10.1. The Morgan fingerprint density at radius 3 is 2.57 bits per heavy atom. The second-order valence-corrected chi connectivity index (χ2v) is 4.31. The minimum absolute atomic E-state index is 0.481. The molecule has 0 bridgehead atoms. The van der Waals surface area contributed by atoms with Gasteiger partial charge in [-0.25, -0.2) is 0 Å². The summed E-state index contributed by atoms with van der Waals surface area (Å²) in [5, 5.41) is 10.5. The Morgan fingerprint density at radius 2 is 2.07 bits per heavy atom. The van der Waals surface area contributed by atoms with Crippen LogP contribution in [-0.2, 0) is 5.60 Å². The first kappa shape index (κ1) is 9.72. The molecule has 1 aromatic rings. The molecule has 1 aliphatic rings. The van der Waals surface area contributed by atoms with E-state index in [0.717, 1.165) is 18.4 Å². The van der Waals surface area contributed by atoms with Crippen molar-refractivity contribution < 1.29 is 5.11 Å². The lowest BCUT2D eigenvalue weighted by atomic mass is 9.64. The Bertz CT molecular complexity index is 293. The summed E-state index contributed by atoms with van der Waals surface area (Å²) < 4.78 is 0. The summed E-state index contributed by atoms with van der Waals surface area (Å²) in [7, 11) is 0. The summed E-state index contributed by atoms with van der Waals surface area (Å²) in [6.45, 7) is 2.18. The molecule has 1 aliphatic carbocycles. The highest BCUT2D eigenvalue weighted by molar-refractivity contribution is 5.25.